The molecule has 6 heteroatoms. The molecule has 1 saturated carbocycles. The Morgan fingerprint density at radius 3 is 2.75 bits per heavy atom. The molecule has 2 bridgehead atoms. The Morgan fingerprint density at radius 1 is 1.35 bits per heavy atom. The van der Waals surface area contributed by atoms with Crippen LogP contribution in [0.2, 0.25) is 0 Å². The van der Waals surface area contributed by atoms with E-state index in [0.717, 1.165) is 19.4 Å². The van der Waals surface area contributed by atoms with Crippen molar-refractivity contribution in [2.75, 3.05) is 11.9 Å². The quantitative estimate of drug-likeness (QED) is 0.870. The number of para-hydroxylation sites is 1. The molecular weight excluding hydrogens is 324 g/mol. The summed E-state index contributed by atoms with van der Waals surface area (Å²) in [6, 6.07) is 4.96. The van der Waals surface area contributed by atoms with E-state index >= 15 is 0 Å². The third kappa shape index (κ3) is 2.28. The number of hydrogen-bond donors (Lipinski definition) is 2. The first-order valence-electron chi connectivity index (χ1n) is 6.65. The van der Waals surface area contributed by atoms with Gasteiger partial charge in [-0.25, -0.2) is 9.59 Å². The number of fused-ring (bicyclic) bond motifs is 2. The molecule has 1 saturated heterocycles. The first-order chi connectivity index (χ1) is 9.56. The molecule has 0 aromatic heterocycles. The number of carboxylic acids is 1. The number of aromatic carboxylic acids is 1. The first-order valence-corrected chi connectivity index (χ1v) is 7.45. The number of hydrogen-bond acceptors (Lipinski definition) is 2. The average molecular weight is 339 g/mol. The number of nitrogens with one attached hydrogen (secondary N) is 1. The highest BCUT2D eigenvalue weighted by Gasteiger charge is 2.40. The van der Waals surface area contributed by atoms with Crippen LogP contribution in [0.4, 0.5) is 10.5 Å². The zero-order chi connectivity index (χ0) is 14.3. The minimum atomic E-state index is -1.05. The van der Waals surface area contributed by atoms with Gasteiger partial charge in [-0.3, -0.25) is 0 Å². The third-order valence-corrected chi connectivity index (χ3v) is 4.81. The zero-order valence-corrected chi connectivity index (χ0v) is 12.4. The minimum absolute atomic E-state index is 0.0945. The van der Waals surface area contributed by atoms with Gasteiger partial charge in [-0.15, -0.1) is 0 Å². The van der Waals surface area contributed by atoms with Crippen molar-refractivity contribution in [3.05, 3.63) is 28.2 Å². The van der Waals surface area contributed by atoms with Gasteiger partial charge in [-0.2, -0.15) is 0 Å². The summed E-state index contributed by atoms with van der Waals surface area (Å²) in [6.45, 7) is 0.781. The zero-order valence-electron chi connectivity index (χ0n) is 10.8. The van der Waals surface area contributed by atoms with E-state index in [-0.39, 0.29) is 11.6 Å². The number of urea groups is 1. The molecule has 2 unspecified atom stereocenters. The monoisotopic (exact) mass is 338 g/mol. The number of halogens is 1. The summed E-state index contributed by atoms with van der Waals surface area (Å²) in [7, 11) is 0. The molecule has 1 aliphatic heterocycles. The van der Waals surface area contributed by atoms with Crippen molar-refractivity contribution in [3.63, 3.8) is 0 Å². The van der Waals surface area contributed by atoms with Crippen LogP contribution in [0, 0.1) is 5.92 Å². The predicted octanol–water partition coefficient (Wildman–Crippen LogP) is 3.16. The van der Waals surface area contributed by atoms with Gasteiger partial charge in [-0.05, 0) is 53.2 Å². The molecule has 1 aromatic rings. The molecule has 1 heterocycles. The molecule has 2 amide bonds. The van der Waals surface area contributed by atoms with Gasteiger partial charge in [0.1, 0.15) is 0 Å². The summed E-state index contributed by atoms with van der Waals surface area (Å²) in [5.74, 6) is -0.437. The molecule has 0 spiro atoms. The fourth-order valence-corrected chi connectivity index (χ4v) is 3.65. The van der Waals surface area contributed by atoms with Crippen LogP contribution in [-0.4, -0.2) is 34.6 Å². The smallest absolute Gasteiger partial charge is 0.337 e. The van der Waals surface area contributed by atoms with E-state index in [4.69, 9.17) is 0 Å². The second-order valence-corrected chi connectivity index (χ2v) is 6.24. The number of piperidine rings is 1. The predicted molar refractivity (Wildman–Crippen MR) is 78.0 cm³/mol. The maximum absolute atomic E-state index is 12.3. The molecule has 1 aromatic carbocycles. The lowest BCUT2D eigenvalue weighted by Gasteiger charge is -2.27. The van der Waals surface area contributed by atoms with Gasteiger partial charge in [0, 0.05) is 17.1 Å². The molecule has 5 nitrogen and oxygen atoms in total. The normalized spacial score (nSPS) is 23.9. The second-order valence-electron chi connectivity index (χ2n) is 5.38. The molecule has 2 aliphatic rings. The molecule has 3 rings (SSSR count). The van der Waals surface area contributed by atoms with Crippen LogP contribution in [0.1, 0.15) is 29.6 Å². The number of nitrogens with zero attached hydrogens (tertiary/aromatic N) is 1. The number of amides is 2. The van der Waals surface area contributed by atoms with Crippen LogP contribution in [0.25, 0.3) is 0 Å². The van der Waals surface area contributed by atoms with E-state index in [2.05, 4.69) is 21.2 Å². The number of benzene rings is 1. The van der Waals surface area contributed by atoms with Crippen LogP contribution >= 0.6 is 15.9 Å². The lowest BCUT2D eigenvalue weighted by Crippen LogP contribution is -2.40. The Morgan fingerprint density at radius 2 is 2.15 bits per heavy atom. The Hall–Kier alpha value is -1.56. The maximum Gasteiger partial charge on any atom is 0.337 e. The van der Waals surface area contributed by atoms with Gasteiger partial charge >= 0.3 is 12.0 Å². The lowest BCUT2D eigenvalue weighted by molar-refractivity contribution is 0.0698. The van der Waals surface area contributed by atoms with Crippen molar-refractivity contribution in [1.29, 1.82) is 0 Å². The summed E-state index contributed by atoms with van der Waals surface area (Å²) in [5.41, 5.74) is 0.421. The van der Waals surface area contributed by atoms with Crippen LogP contribution in [0.5, 0.6) is 0 Å². The molecule has 1 aliphatic carbocycles. The van der Waals surface area contributed by atoms with Crippen molar-refractivity contribution < 1.29 is 14.7 Å². The van der Waals surface area contributed by atoms with Crippen molar-refractivity contribution in [1.82, 2.24) is 4.90 Å². The molecule has 20 heavy (non-hydrogen) atoms. The topological polar surface area (TPSA) is 69.6 Å². The van der Waals surface area contributed by atoms with E-state index in [0.29, 0.717) is 22.1 Å². The third-order valence-electron chi connectivity index (χ3n) is 4.15. The Balaban J connectivity index is 1.81. The van der Waals surface area contributed by atoms with Crippen LogP contribution in [0.3, 0.4) is 0 Å². The molecule has 2 fully saturated rings. The molecular formula is C14H15BrN2O3. The SMILES string of the molecule is O=C(O)c1cccc(Br)c1NC(=O)N1CC2CCC1C2. The first kappa shape index (κ1) is 13.4. The van der Waals surface area contributed by atoms with Crippen LogP contribution in [-0.2, 0) is 0 Å². The molecule has 106 valence electrons. The highest BCUT2D eigenvalue weighted by atomic mass is 79.9. The number of likely N-dealkylation sites (tertiary alicyclic amines) is 1. The summed E-state index contributed by atoms with van der Waals surface area (Å²) >= 11 is 3.30. The molecule has 0 radical (unpaired) electrons. The summed E-state index contributed by atoms with van der Waals surface area (Å²) in [4.78, 5) is 25.4. The van der Waals surface area contributed by atoms with Crippen molar-refractivity contribution in [2.45, 2.75) is 25.3 Å². The summed E-state index contributed by atoms with van der Waals surface area (Å²) < 4.78 is 0.579. The van der Waals surface area contributed by atoms with Gasteiger partial charge in [-0.1, -0.05) is 6.07 Å². The number of carbonyl (C=O) groups excluding carboxylic acids is 1. The number of anilines is 1. The minimum Gasteiger partial charge on any atom is -0.478 e. The van der Waals surface area contributed by atoms with E-state index in [1.807, 2.05) is 4.90 Å². The van der Waals surface area contributed by atoms with E-state index in [9.17, 15) is 14.7 Å². The Labute approximate surface area is 125 Å². The van der Waals surface area contributed by atoms with Gasteiger partial charge in [0.05, 0.1) is 11.3 Å². The van der Waals surface area contributed by atoms with Gasteiger partial charge in [0.25, 0.3) is 0 Å². The highest BCUT2D eigenvalue weighted by molar-refractivity contribution is 9.10. The van der Waals surface area contributed by atoms with Gasteiger partial charge in [0.15, 0.2) is 0 Å². The van der Waals surface area contributed by atoms with Crippen molar-refractivity contribution in [2.24, 2.45) is 5.92 Å². The van der Waals surface area contributed by atoms with E-state index < -0.39 is 5.97 Å². The van der Waals surface area contributed by atoms with E-state index in [1.54, 1.807) is 12.1 Å². The summed E-state index contributed by atoms with van der Waals surface area (Å²) in [5, 5.41) is 11.9. The largest absolute Gasteiger partial charge is 0.478 e. The fourth-order valence-electron chi connectivity index (χ4n) is 3.18. The molecule has 2 N–H and O–H groups in total. The number of rotatable bonds is 2. The summed E-state index contributed by atoms with van der Waals surface area (Å²) in [6.07, 6.45) is 3.33. The second kappa shape index (κ2) is 5.09. The lowest BCUT2D eigenvalue weighted by atomic mass is 10.1. The van der Waals surface area contributed by atoms with Gasteiger partial charge < -0.3 is 15.3 Å². The van der Waals surface area contributed by atoms with Crippen molar-refractivity contribution in [3.8, 4) is 0 Å². The average Bonchev–Trinajstić information content (AvgIpc) is 3.03. The van der Waals surface area contributed by atoms with Crippen molar-refractivity contribution >= 4 is 33.6 Å². The maximum atomic E-state index is 12.3. The van der Waals surface area contributed by atoms with E-state index in [1.165, 1.54) is 12.5 Å². The van der Waals surface area contributed by atoms with Crippen LogP contribution < -0.4 is 5.32 Å². The van der Waals surface area contributed by atoms with Gasteiger partial charge in [0.2, 0.25) is 0 Å². The Bertz CT molecular complexity index is 576. The highest BCUT2D eigenvalue weighted by Crippen LogP contribution is 2.38. The number of carboxylic acid groups (broad SMARTS) is 1. The molecule has 2 atom stereocenters. The van der Waals surface area contributed by atoms with Crippen LogP contribution in [0.15, 0.2) is 22.7 Å². The fraction of sp³-hybridized carbons (Fsp3) is 0.429. The Kier molecular flexibility index (Phi) is 3.41. The standard InChI is InChI=1S/C14H15BrN2O3/c15-11-3-1-2-10(13(18)19)12(11)16-14(20)17-7-8-4-5-9(17)6-8/h1-3,8-9H,4-7H2,(H,16,20)(H,18,19). The number of carbonyl (C=O) groups is 2.